The Bertz CT molecular complexity index is 224. The fraction of sp³-hybridized carbons (Fsp3) is 0.800. The first kappa shape index (κ1) is 16.2. The molecule has 0 aromatic heterocycles. The second kappa shape index (κ2) is 10.9. The van der Waals surface area contributed by atoms with E-state index in [0.29, 0.717) is 0 Å². The molecular weight excluding hydrogens is 192 g/mol. The summed E-state index contributed by atoms with van der Waals surface area (Å²) >= 11 is 0. The van der Waals surface area contributed by atoms with E-state index in [9.17, 15) is 0 Å². The second-order valence-corrected chi connectivity index (χ2v) is 3.28. The summed E-state index contributed by atoms with van der Waals surface area (Å²) in [5.74, 6) is 0. The first-order valence-electron chi connectivity index (χ1n) is 4.90. The molecular formula is C10H20N4O. The Balaban J connectivity index is 0. The summed E-state index contributed by atoms with van der Waals surface area (Å²) in [6.45, 7) is 8.83. The van der Waals surface area contributed by atoms with Crippen LogP contribution in [0.5, 0.6) is 0 Å². The van der Waals surface area contributed by atoms with Crippen LogP contribution in [0.3, 0.4) is 0 Å². The Morgan fingerprint density at radius 3 is 2.13 bits per heavy atom. The number of aliphatic imine (C=N–C) groups is 1. The SMILES string of the molecule is CC[N+](C)(CC)CCOC.N#CN=C=[N-]. The van der Waals surface area contributed by atoms with Gasteiger partial charge in [-0.2, -0.15) is 5.26 Å². The lowest BCUT2D eigenvalue weighted by Crippen LogP contribution is -2.45. The number of ether oxygens (including phenoxy) is 1. The van der Waals surface area contributed by atoms with Gasteiger partial charge in [0.1, 0.15) is 6.54 Å². The van der Waals surface area contributed by atoms with Crippen molar-refractivity contribution in [3.63, 3.8) is 0 Å². The van der Waals surface area contributed by atoms with Crippen molar-refractivity contribution < 1.29 is 9.22 Å². The summed E-state index contributed by atoms with van der Waals surface area (Å²) in [7, 11) is 4.02. The van der Waals surface area contributed by atoms with Crippen LogP contribution in [-0.4, -0.2) is 50.9 Å². The number of hydrogen-bond donors (Lipinski definition) is 0. The van der Waals surface area contributed by atoms with Crippen molar-refractivity contribution in [3.8, 4) is 6.19 Å². The molecule has 0 aliphatic heterocycles. The number of likely N-dealkylation sites (N-methyl/N-ethyl adjacent to an activating group) is 1. The average molecular weight is 212 g/mol. The molecule has 0 radical (unpaired) electrons. The Hall–Kier alpha value is -1.21. The second-order valence-electron chi connectivity index (χ2n) is 3.28. The number of hydrogen-bond acceptors (Lipinski definition) is 3. The maximum Gasteiger partial charge on any atom is 0.102 e. The molecule has 0 aromatic rings. The van der Waals surface area contributed by atoms with Gasteiger partial charge in [-0.3, -0.25) is 0 Å². The van der Waals surface area contributed by atoms with Gasteiger partial charge in [-0.1, -0.05) is 0 Å². The monoisotopic (exact) mass is 212 g/mol. The predicted octanol–water partition coefficient (Wildman–Crippen LogP) is 1.33. The molecule has 0 aromatic carbocycles. The van der Waals surface area contributed by atoms with Crippen molar-refractivity contribution in [1.82, 2.24) is 0 Å². The van der Waals surface area contributed by atoms with Gasteiger partial charge in [0.2, 0.25) is 0 Å². The molecule has 5 heteroatoms. The van der Waals surface area contributed by atoms with Crippen LogP contribution in [0.15, 0.2) is 4.99 Å². The summed E-state index contributed by atoms with van der Waals surface area (Å²) in [6.07, 6.45) is 1.28. The highest BCUT2D eigenvalue weighted by atomic mass is 16.5. The van der Waals surface area contributed by atoms with Crippen LogP contribution in [0.1, 0.15) is 13.8 Å². The van der Waals surface area contributed by atoms with Gasteiger partial charge in [-0.15, -0.1) is 6.01 Å². The molecule has 0 saturated heterocycles. The molecule has 0 bridgehead atoms. The fourth-order valence-corrected chi connectivity index (χ4v) is 0.874. The molecule has 5 nitrogen and oxygen atoms in total. The normalized spacial score (nSPS) is 9.27. The highest BCUT2D eigenvalue weighted by Gasteiger charge is 2.14. The zero-order valence-corrected chi connectivity index (χ0v) is 10.0. The summed E-state index contributed by atoms with van der Waals surface area (Å²) in [5, 5.41) is 14.9. The van der Waals surface area contributed by atoms with Gasteiger partial charge in [0.05, 0.1) is 32.9 Å². The van der Waals surface area contributed by atoms with Gasteiger partial charge < -0.3 is 19.6 Å². The largest absolute Gasteiger partial charge is 0.422 e. The van der Waals surface area contributed by atoms with E-state index < -0.39 is 0 Å². The van der Waals surface area contributed by atoms with E-state index in [4.69, 9.17) is 15.4 Å². The number of methoxy groups -OCH3 is 1. The highest BCUT2D eigenvalue weighted by molar-refractivity contribution is 5.46. The molecule has 0 heterocycles. The van der Waals surface area contributed by atoms with Crippen LogP contribution in [0, 0.1) is 11.5 Å². The maximum absolute atomic E-state index is 7.43. The minimum Gasteiger partial charge on any atom is -0.422 e. The molecule has 0 N–H and O–H groups in total. The van der Waals surface area contributed by atoms with E-state index in [1.165, 1.54) is 25.3 Å². The molecule has 0 aliphatic carbocycles. The first-order valence-corrected chi connectivity index (χ1v) is 4.90. The lowest BCUT2D eigenvalue weighted by molar-refractivity contribution is -0.906. The van der Waals surface area contributed by atoms with Crippen molar-refractivity contribution >= 4 is 6.01 Å². The summed E-state index contributed by atoms with van der Waals surface area (Å²) in [5.41, 5.74) is 0. The standard InChI is InChI=1S/C8H20NO.C2N3/c1-5-9(3,6-2)7-8-10-4;3-1-5-2-4/h5-8H2,1-4H3;/q+1;-1. The molecule has 0 unspecified atom stereocenters. The zero-order chi connectivity index (χ0) is 12.2. The van der Waals surface area contributed by atoms with Crippen LogP contribution in [-0.2, 0) is 4.74 Å². The van der Waals surface area contributed by atoms with E-state index in [0.717, 1.165) is 17.6 Å². The minimum absolute atomic E-state index is 0.873. The maximum atomic E-state index is 7.43. The number of quaternary nitrogens is 1. The fourth-order valence-electron chi connectivity index (χ4n) is 0.874. The lowest BCUT2D eigenvalue weighted by atomic mass is 10.4. The van der Waals surface area contributed by atoms with Crippen molar-refractivity contribution in [2.45, 2.75) is 13.8 Å². The van der Waals surface area contributed by atoms with Gasteiger partial charge in [0.15, 0.2) is 0 Å². The Kier molecular flexibility index (Phi) is 11.8. The van der Waals surface area contributed by atoms with Gasteiger partial charge in [-0.25, -0.2) is 0 Å². The average Bonchev–Trinajstić information content (AvgIpc) is 2.28. The van der Waals surface area contributed by atoms with E-state index in [2.05, 4.69) is 25.9 Å². The number of nitriles is 1. The van der Waals surface area contributed by atoms with E-state index in [1.54, 1.807) is 7.11 Å². The van der Waals surface area contributed by atoms with Crippen molar-refractivity contribution in [2.24, 2.45) is 4.99 Å². The van der Waals surface area contributed by atoms with Gasteiger partial charge >= 0.3 is 0 Å². The van der Waals surface area contributed by atoms with E-state index >= 15 is 0 Å². The number of rotatable bonds is 5. The van der Waals surface area contributed by atoms with Gasteiger partial charge in [0.25, 0.3) is 0 Å². The smallest absolute Gasteiger partial charge is 0.102 e. The molecule has 15 heavy (non-hydrogen) atoms. The molecule has 0 amide bonds. The summed E-state index contributed by atoms with van der Waals surface area (Å²) in [6, 6.07) is 1.28. The number of nitrogens with zero attached hydrogens (tertiary/aromatic N) is 4. The third-order valence-corrected chi connectivity index (χ3v) is 2.46. The minimum atomic E-state index is 0.873. The Morgan fingerprint density at radius 1 is 1.40 bits per heavy atom. The van der Waals surface area contributed by atoms with Gasteiger partial charge in [-0.05, 0) is 13.8 Å². The van der Waals surface area contributed by atoms with Crippen LogP contribution in [0.25, 0.3) is 5.41 Å². The molecule has 0 atom stereocenters. The molecule has 86 valence electrons. The van der Waals surface area contributed by atoms with Gasteiger partial charge in [0, 0.05) is 7.11 Å². The van der Waals surface area contributed by atoms with Crippen LogP contribution in [0.2, 0.25) is 0 Å². The zero-order valence-electron chi connectivity index (χ0n) is 10.0. The van der Waals surface area contributed by atoms with Crippen LogP contribution < -0.4 is 0 Å². The van der Waals surface area contributed by atoms with Crippen molar-refractivity contribution in [3.05, 3.63) is 5.41 Å². The third kappa shape index (κ3) is 10.7. The molecule has 0 fully saturated rings. The van der Waals surface area contributed by atoms with Crippen LogP contribution >= 0.6 is 0 Å². The first-order chi connectivity index (χ1) is 7.10. The van der Waals surface area contributed by atoms with Crippen LogP contribution in [0.4, 0.5) is 0 Å². The highest BCUT2D eigenvalue weighted by Crippen LogP contribution is 1.99. The quantitative estimate of drug-likeness (QED) is 0.392. The third-order valence-electron chi connectivity index (χ3n) is 2.46. The Morgan fingerprint density at radius 2 is 1.93 bits per heavy atom. The van der Waals surface area contributed by atoms with Crippen molar-refractivity contribution in [2.75, 3.05) is 40.4 Å². The molecule has 0 spiro atoms. The van der Waals surface area contributed by atoms with E-state index in [-0.39, 0.29) is 0 Å². The summed E-state index contributed by atoms with van der Waals surface area (Å²) < 4.78 is 6.14. The molecule has 0 aliphatic rings. The molecule has 0 rings (SSSR count). The molecule has 0 saturated carbocycles. The topological polar surface area (TPSA) is 67.7 Å². The van der Waals surface area contributed by atoms with E-state index in [1.807, 2.05) is 0 Å². The summed E-state index contributed by atoms with van der Waals surface area (Å²) in [4.78, 5) is 2.58. The Labute approximate surface area is 92.1 Å². The van der Waals surface area contributed by atoms with Crippen molar-refractivity contribution in [1.29, 1.82) is 5.26 Å². The predicted molar refractivity (Wildman–Crippen MR) is 60.4 cm³/mol. The lowest BCUT2D eigenvalue weighted by Gasteiger charge is -2.31.